The number of ketones is 1. The van der Waals surface area contributed by atoms with E-state index in [4.69, 9.17) is 14.2 Å². The van der Waals surface area contributed by atoms with Gasteiger partial charge in [-0.3, -0.25) is 4.79 Å². The number of hydrogen-bond donors (Lipinski definition) is 0. The van der Waals surface area contributed by atoms with Crippen molar-refractivity contribution in [1.29, 1.82) is 0 Å². The van der Waals surface area contributed by atoms with Crippen molar-refractivity contribution in [3.05, 3.63) is 47.8 Å². The van der Waals surface area contributed by atoms with E-state index in [0.29, 0.717) is 28.5 Å². The highest BCUT2D eigenvalue weighted by atomic mass is 16.5. The molecule has 0 saturated carbocycles. The summed E-state index contributed by atoms with van der Waals surface area (Å²) in [5.74, 6) is 1.65. The van der Waals surface area contributed by atoms with Gasteiger partial charge in [0.2, 0.25) is 5.78 Å². The molecule has 1 heterocycles. The molecule has 5 nitrogen and oxygen atoms in total. The number of fused-ring (bicyclic) bond motifs is 2. The average Bonchev–Trinajstić information content (AvgIpc) is 2.64. The maximum absolute atomic E-state index is 12.9. The highest BCUT2D eigenvalue weighted by molar-refractivity contribution is 6.26. The molecule has 120 valence electrons. The molecule has 0 unspecified atom stereocenters. The maximum atomic E-state index is 12.9. The lowest BCUT2D eigenvalue weighted by atomic mass is 9.84. The van der Waals surface area contributed by atoms with Gasteiger partial charge in [-0.25, -0.2) is 4.98 Å². The number of carbonyl (C=O) groups excluding carboxylic acids is 1. The summed E-state index contributed by atoms with van der Waals surface area (Å²) in [5, 5.41) is 1.51. The van der Waals surface area contributed by atoms with Crippen molar-refractivity contribution in [3.8, 4) is 28.4 Å². The molecule has 1 aliphatic carbocycles. The van der Waals surface area contributed by atoms with E-state index in [1.807, 2.05) is 24.3 Å². The Hall–Kier alpha value is -3.08. The monoisotopic (exact) mass is 321 g/mol. The first-order valence-corrected chi connectivity index (χ1v) is 7.47. The normalized spacial score (nSPS) is 12.0. The van der Waals surface area contributed by atoms with Gasteiger partial charge >= 0.3 is 0 Å². The van der Waals surface area contributed by atoms with Crippen molar-refractivity contribution >= 4 is 16.6 Å². The van der Waals surface area contributed by atoms with Gasteiger partial charge in [0.1, 0.15) is 11.4 Å². The number of aromatic nitrogens is 1. The lowest BCUT2D eigenvalue weighted by Crippen LogP contribution is -2.13. The Morgan fingerprint density at radius 2 is 1.62 bits per heavy atom. The first-order chi connectivity index (χ1) is 11.7. The van der Waals surface area contributed by atoms with Crippen LogP contribution in [0.15, 0.2) is 36.5 Å². The van der Waals surface area contributed by atoms with Gasteiger partial charge in [0.15, 0.2) is 11.5 Å². The van der Waals surface area contributed by atoms with Gasteiger partial charge in [-0.15, -0.1) is 0 Å². The van der Waals surface area contributed by atoms with E-state index in [1.54, 1.807) is 33.6 Å². The molecule has 0 bridgehead atoms. The largest absolute Gasteiger partial charge is 0.494 e. The SMILES string of the molecule is COc1cc2c(OC)cnc3c2c(c1OC)-c1ccccc1C3=O. The van der Waals surface area contributed by atoms with Crippen molar-refractivity contribution in [2.75, 3.05) is 21.3 Å². The van der Waals surface area contributed by atoms with Crippen LogP contribution >= 0.6 is 0 Å². The summed E-state index contributed by atoms with van der Waals surface area (Å²) in [5.41, 5.74) is 2.63. The van der Waals surface area contributed by atoms with E-state index < -0.39 is 0 Å². The topological polar surface area (TPSA) is 57.6 Å². The Kier molecular flexibility index (Phi) is 3.16. The number of methoxy groups -OCH3 is 3. The van der Waals surface area contributed by atoms with E-state index >= 15 is 0 Å². The van der Waals surface area contributed by atoms with E-state index in [9.17, 15) is 4.79 Å². The quantitative estimate of drug-likeness (QED) is 0.578. The lowest BCUT2D eigenvalue weighted by molar-refractivity contribution is 0.103. The molecule has 0 N–H and O–H groups in total. The highest BCUT2D eigenvalue weighted by Gasteiger charge is 2.31. The van der Waals surface area contributed by atoms with Crippen LogP contribution in [0.25, 0.3) is 21.9 Å². The molecule has 0 saturated heterocycles. The van der Waals surface area contributed by atoms with E-state index in [0.717, 1.165) is 21.9 Å². The van der Waals surface area contributed by atoms with Gasteiger partial charge in [0.25, 0.3) is 0 Å². The van der Waals surface area contributed by atoms with E-state index in [1.165, 1.54) is 0 Å². The summed E-state index contributed by atoms with van der Waals surface area (Å²) in [4.78, 5) is 17.2. The Morgan fingerprint density at radius 1 is 0.917 bits per heavy atom. The van der Waals surface area contributed by atoms with Crippen LogP contribution in [0.5, 0.6) is 17.2 Å². The number of benzene rings is 2. The number of hydrogen-bond acceptors (Lipinski definition) is 5. The zero-order valence-electron chi connectivity index (χ0n) is 13.5. The van der Waals surface area contributed by atoms with E-state index in [-0.39, 0.29) is 5.78 Å². The molecule has 0 amide bonds. The number of carbonyl (C=O) groups is 1. The fourth-order valence-electron chi connectivity index (χ4n) is 3.31. The number of pyridine rings is 1. The fourth-order valence-corrected chi connectivity index (χ4v) is 3.31. The number of ether oxygens (including phenoxy) is 3. The second-order valence-corrected chi connectivity index (χ2v) is 5.46. The molecule has 3 aromatic rings. The van der Waals surface area contributed by atoms with Gasteiger partial charge in [-0.2, -0.15) is 0 Å². The van der Waals surface area contributed by atoms with Crippen LogP contribution in [-0.4, -0.2) is 32.1 Å². The minimum absolute atomic E-state index is 0.0991. The Bertz CT molecular complexity index is 994. The van der Waals surface area contributed by atoms with Crippen LogP contribution in [0.2, 0.25) is 0 Å². The molecular formula is C19H15NO4. The van der Waals surface area contributed by atoms with Crippen LogP contribution in [0.4, 0.5) is 0 Å². The molecule has 0 radical (unpaired) electrons. The fraction of sp³-hybridized carbons (Fsp3) is 0.158. The van der Waals surface area contributed by atoms with Crippen molar-refractivity contribution in [2.24, 2.45) is 0 Å². The minimum Gasteiger partial charge on any atom is -0.494 e. The Labute approximate surface area is 138 Å². The van der Waals surface area contributed by atoms with Crippen LogP contribution < -0.4 is 14.2 Å². The molecule has 0 atom stereocenters. The molecule has 0 aliphatic heterocycles. The zero-order valence-corrected chi connectivity index (χ0v) is 13.5. The summed E-state index contributed by atoms with van der Waals surface area (Å²) in [6, 6.07) is 9.27. The van der Waals surface area contributed by atoms with Crippen molar-refractivity contribution in [1.82, 2.24) is 4.98 Å². The van der Waals surface area contributed by atoms with Crippen LogP contribution in [-0.2, 0) is 0 Å². The molecule has 5 heteroatoms. The molecule has 24 heavy (non-hydrogen) atoms. The standard InChI is InChI=1S/C19H15NO4/c1-22-13-8-12-14(23-2)9-20-17-15(12)16(19(13)24-3)10-6-4-5-7-11(10)18(17)21/h4-9H,1-3H3. The highest BCUT2D eigenvalue weighted by Crippen LogP contribution is 2.50. The van der Waals surface area contributed by atoms with Crippen molar-refractivity contribution < 1.29 is 19.0 Å². The van der Waals surface area contributed by atoms with Gasteiger partial charge in [-0.05, 0) is 11.6 Å². The Morgan fingerprint density at radius 3 is 2.29 bits per heavy atom. The van der Waals surface area contributed by atoms with Gasteiger partial charge in [0, 0.05) is 21.9 Å². The summed E-state index contributed by atoms with van der Waals surface area (Å²) in [7, 11) is 4.76. The molecule has 0 spiro atoms. The minimum atomic E-state index is -0.0991. The van der Waals surface area contributed by atoms with Gasteiger partial charge in [0.05, 0.1) is 27.5 Å². The average molecular weight is 321 g/mol. The summed E-state index contributed by atoms with van der Waals surface area (Å²) < 4.78 is 16.6. The van der Waals surface area contributed by atoms with Crippen molar-refractivity contribution in [2.45, 2.75) is 0 Å². The van der Waals surface area contributed by atoms with E-state index in [2.05, 4.69) is 4.98 Å². The van der Waals surface area contributed by atoms with Crippen LogP contribution in [0.3, 0.4) is 0 Å². The second-order valence-electron chi connectivity index (χ2n) is 5.46. The number of rotatable bonds is 3. The van der Waals surface area contributed by atoms with Gasteiger partial charge in [-0.1, -0.05) is 24.3 Å². The molecule has 2 aromatic carbocycles. The van der Waals surface area contributed by atoms with Crippen molar-refractivity contribution in [3.63, 3.8) is 0 Å². The molecular weight excluding hydrogens is 306 g/mol. The number of nitrogens with zero attached hydrogens (tertiary/aromatic N) is 1. The summed E-state index contributed by atoms with van der Waals surface area (Å²) in [6.45, 7) is 0. The van der Waals surface area contributed by atoms with Crippen LogP contribution in [0, 0.1) is 0 Å². The second kappa shape index (κ2) is 5.23. The molecule has 1 aromatic heterocycles. The third-order valence-electron chi connectivity index (χ3n) is 4.36. The molecule has 1 aliphatic rings. The predicted molar refractivity (Wildman–Crippen MR) is 90.3 cm³/mol. The Balaban J connectivity index is 2.28. The lowest BCUT2D eigenvalue weighted by Gasteiger charge is -2.23. The first-order valence-electron chi connectivity index (χ1n) is 7.47. The molecule has 4 rings (SSSR count). The smallest absolute Gasteiger partial charge is 0.212 e. The van der Waals surface area contributed by atoms with Crippen LogP contribution in [0.1, 0.15) is 16.1 Å². The molecule has 0 fully saturated rings. The maximum Gasteiger partial charge on any atom is 0.212 e. The third kappa shape index (κ3) is 1.75. The zero-order chi connectivity index (χ0) is 16.8. The first kappa shape index (κ1) is 14.5. The predicted octanol–water partition coefficient (Wildman–Crippen LogP) is 3.47. The third-order valence-corrected chi connectivity index (χ3v) is 4.36. The van der Waals surface area contributed by atoms with Gasteiger partial charge < -0.3 is 14.2 Å². The summed E-state index contributed by atoms with van der Waals surface area (Å²) >= 11 is 0. The summed E-state index contributed by atoms with van der Waals surface area (Å²) in [6.07, 6.45) is 1.57.